The van der Waals surface area contributed by atoms with Gasteiger partial charge in [0, 0.05) is 12.1 Å². The normalized spacial score (nSPS) is 23.6. The van der Waals surface area contributed by atoms with E-state index in [0.717, 1.165) is 12.5 Å². The first-order valence-corrected chi connectivity index (χ1v) is 7.33. The molecule has 1 heterocycles. The fraction of sp³-hybridized carbons (Fsp3) is 1.00. The fourth-order valence-electron chi connectivity index (χ4n) is 2.98. The van der Waals surface area contributed by atoms with Gasteiger partial charge in [-0.25, -0.2) is 0 Å². The third kappa shape index (κ3) is 4.26. The molecule has 1 fully saturated rings. The summed E-state index contributed by atoms with van der Waals surface area (Å²) in [5.74, 6) is 0.903. The van der Waals surface area contributed by atoms with E-state index >= 15 is 0 Å². The van der Waals surface area contributed by atoms with Crippen molar-refractivity contribution in [2.24, 2.45) is 11.3 Å². The molecule has 17 heavy (non-hydrogen) atoms. The van der Waals surface area contributed by atoms with E-state index in [1.807, 2.05) is 0 Å². The molecule has 2 nitrogen and oxygen atoms in total. The van der Waals surface area contributed by atoms with Gasteiger partial charge in [0.2, 0.25) is 0 Å². The average molecular weight is 240 g/mol. The van der Waals surface area contributed by atoms with E-state index in [1.165, 1.54) is 25.9 Å². The van der Waals surface area contributed by atoms with Crippen LogP contribution in [0.25, 0.3) is 0 Å². The zero-order valence-corrected chi connectivity index (χ0v) is 12.7. The molecule has 0 saturated carbocycles. The highest BCUT2D eigenvalue weighted by Gasteiger charge is 2.31. The summed E-state index contributed by atoms with van der Waals surface area (Å²) in [6.45, 7) is 17.7. The van der Waals surface area contributed by atoms with Crippen LogP contribution >= 0.6 is 0 Å². The van der Waals surface area contributed by atoms with E-state index in [4.69, 9.17) is 0 Å². The Hall–Kier alpha value is -0.0800. The Kier molecular flexibility index (Phi) is 5.46. The summed E-state index contributed by atoms with van der Waals surface area (Å²) in [5.41, 5.74) is 0.489. The van der Waals surface area contributed by atoms with Gasteiger partial charge in [-0.1, -0.05) is 27.7 Å². The molecule has 0 aromatic heterocycles. The molecule has 0 aromatic carbocycles. The summed E-state index contributed by atoms with van der Waals surface area (Å²) in [6.07, 6.45) is 2.74. The lowest BCUT2D eigenvalue weighted by molar-refractivity contribution is 0.0768. The number of hydrogen-bond acceptors (Lipinski definition) is 2. The van der Waals surface area contributed by atoms with Gasteiger partial charge >= 0.3 is 0 Å². The van der Waals surface area contributed by atoms with Crippen LogP contribution in [0.1, 0.15) is 54.4 Å². The van der Waals surface area contributed by atoms with Crippen LogP contribution in [0.15, 0.2) is 0 Å². The molecule has 0 bridgehead atoms. The molecule has 0 spiro atoms. The van der Waals surface area contributed by atoms with Crippen LogP contribution in [-0.2, 0) is 0 Å². The van der Waals surface area contributed by atoms with Crippen LogP contribution in [0.5, 0.6) is 0 Å². The maximum atomic E-state index is 3.54. The molecule has 1 rings (SSSR count). The predicted octanol–water partition coefficient (Wildman–Crippen LogP) is 3.13. The standard InChI is InChI=1S/C15H32N2/c1-7-16-12(2)13(3)17-10-8-14(9-11-17)15(4,5)6/h12-14,16H,7-11H2,1-6H3. The van der Waals surface area contributed by atoms with Crippen LogP contribution < -0.4 is 5.32 Å². The molecule has 0 aromatic rings. The summed E-state index contributed by atoms with van der Waals surface area (Å²) >= 11 is 0. The number of rotatable bonds is 4. The van der Waals surface area contributed by atoms with Gasteiger partial charge in [-0.3, -0.25) is 4.90 Å². The van der Waals surface area contributed by atoms with E-state index in [9.17, 15) is 0 Å². The van der Waals surface area contributed by atoms with Crippen molar-refractivity contribution in [1.29, 1.82) is 0 Å². The van der Waals surface area contributed by atoms with Gasteiger partial charge in [-0.15, -0.1) is 0 Å². The molecule has 1 aliphatic heterocycles. The van der Waals surface area contributed by atoms with Crippen LogP contribution in [0.4, 0.5) is 0 Å². The van der Waals surface area contributed by atoms with E-state index in [1.54, 1.807) is 0 Å². The van der Waals surface area contributed by atoms with Gasteiger partial charge in [0.05, 0.1) is 0 Å². The highest BCUT2D eigenvalue weighted by Crippen LogP contribution is 2.34. The first-order chi connectivity index (χ1) is 7.86. The lowest BCUT2D eigenvalue weighted by Gasteiger charge is -2.42. The second-order valence-corrected chi connectivity index (χ2v) is 6.76. The molecular weight excluding hydrogens is 208 g/mol. The summed E-state index contributed by atoms with van der Waals surface area (Å²) in [6, 6.07) is 1.27. The Balaban J connectivity index is 2.41. The summed E-state index contributed by atoms with van der Waals surface area (Å²) in [4.78, 5) is 2.66. The number of nitrogens with zero attached hydrogens (tertiary/aromatic N) is 1. The lowest BCUT2D eigenvalue weighted by atomic mass is 9.75. The maximum absolute atomic E-state index is 3.54. The minimum atomic E-state index is 0.489. The minimum absolute atomic E-state index is 0.489. The third-order valence-corrected chi connectivity index (χ3v) is 4.58. The molecule has 0 amide bonds. The zero-order chi connectivity index (χ0) is 13.1. The van der Waals surface area contributed by atoms with Crippen molar-refractivity contribution in [2.45, 2.75) is 66.5 Å². The Morgan fingerprint density at radius 3 is 2.12 bits per heavy atom. The van der Waals surface area contributed by atoms with Crippen molar-refractivity contribution in [3.05, 3.63) is 0 Å². The summed E-state index contributed by atoms with van der Waals surface area (Å²) < 4.78 is 0. The second-order valence-electron chi connectivity index (χ2n) is 6.76. The van der Waals surface area contributed by atoms with Crippen LogP contribution in [0.3, 0.4) is 0 Å². The van der Waals surface area contributed by atoms with E-state index in [0.29, 0.717) is 17.5 Å². The highest BCUT2D eigenvalue weighted by atomic mass is 15.2. The predicted molar refractivity (Wildman–Crippen MR) is 76.4 cm³/mol. The lowest BCUT2D eigenvalue weighted by Crippen LogP contribution is -2.50. The zero-order valence-electron chi connectivity index (χ0n) is 12.7. The van der Waals surface area contributed by atoms with Gasteiger partial charge in [0.1, 0.15) is 0 Å². The number of nitrogens with one attached hydrogen (secondary N) is 1. The van der Waals surface area contributed by atoms with Crippen LogP contribution in [0, 0.1) is 11.3 Å². The Bertz CT molecular complexity index is 211. The third-order valence-electron chi connectivity index (χ3n) is 4.58. The summed E-state index contributed by atoms with van der Waals surface area (Å²) in [5, 5.41) is 3.54. The van der Waals surface area contributed by atoms with Gasteiger partial charge in [0.15, 0.2) is 0 Å². The average Bonchev–Trinajstić information content (AvgIpc) is 2.27. The molecule has 0 radical (unpaired) electrons. The number of likely N-dealkylation sites (N-methyl/N-ethyl adjacent to an activating group) is 1. The van der Waals surface area contributed by atoms with Crippen molar-refractivity contribution in [3.63, 3.8) is 0 Å². The topological polar surface area (TPSA) is 15.3 Å². The quantitative estimate of drug-likeness (QED) is 0.812. The van der Waals surface area contributed by atoms with Gasteiger partial charge in [0.25, 0.3) is 0 Å². The number of piperidine rings is 1. The van der Waals surface area contributed by atoms with Crippen molar-refractivity contribution >= 4 is 0 Å². The monoisotopic (exact) mass is 240 g/mol. The smallest absolute Gasteiger partial charge is 0.0218 e. The van der Waals surface area contributed by atoms with Gasteiger partial charge < -0.3 is 5.32 Å². The molecule has 1 aliphatic rings. The molecule has 2 unspecified atom stereocenters. The minimum Gasteiger partial charge on any atom is -0.313 e. The molecular formula is C15H32N2. The van der Waals surface area contributed by atoms with E-state index < -0.39 is 0 Å². The van der Waals surface area contributed by atoms with Crippen molar-refractivity contribution in [2.75, 3.05) is 19.6 Å². The molecule has 102 valence electrons. The molecule has 2 heteroatoms. The van der Waals surface area contributed by atoms with Crippen LogP contribution in [0.2, 0.25) is 0 Å². The Labute approximate surface area is 108 Å². The van der Waals surface area contributed by atoms with E-state index in [-0.39, 0.29) is 0 Å². The first-order valence-electron chi connectivity index (χ1n) is 7.33. The largest absolute Gasteiger partial charge is 0.313 e. The maximum Gasteiger partial charge on any atom is 0.0218 e. The SMILES string of the molecule is CCNC(C)C(C)N1CCC(C(C)(C)C)CC1. The fourth-order valence-corrected chi connectivity index (χ4v) is 2.98. The van der Waals surface area contributed by atoms with Gasteiger partial charge in [-0.05, 0) is 57.7 Å². The van der Waals surface area contributed by atoms with Crippen molar-refractivity contribution in [3.8, 4) is 0 Å². The Morgan fingerprint density at radius 1 is 1.18 bits per heavy atom. The van der Waals surface area contributed by atoms with Crippen molar-refractivity contribution in [1.82, 2.24) is 10.2 Å². The Morgan fingerprint density at radius 2 is 1.71 bits per heavy atom. The second kappa shape index (κ2) is 6.19. The molecule has 1 N–H and O–H groups in total. The van der Waals surface area contributed by atoms with E-state index in [2.05, 4.69) is 51.8 Å². The molecule has 2 atom stereocenters. The molecule has 1 saturated heterocycles. The van der Waals surface area contributed by atoms with Gasteiger partial charge in [-0.2, -0.15) is 0 Å². The molecule has 0 aliphatic carbocycles. The number of hydrogen-bond donors (Lipinski definition) is 1. The van der Waals surface area contributed by atoms with Crippen LogP contribution in [-0.4, -0.2) is 36.6 Å². The highest BCUT2D eigenvalue weighted by molar-refractivity contribution is 4.85. The first kappa shape index (κ1) is 15.0. The number of likely N-dealkylation sites (tertiary alicyclic amines) is 1. The summed E-state index contributed by atoms with van der Waals surface area (Å²) in [7, 11) is 0. The van der Waals surface area contributed by atoms with Crippen molar-refractivity contribution < 1.29 is 0 Å².